The molecule has 0 N–H and O–H groups in total. The average Bonchev–Trinajstić information content (AvgIpc) is 2.01. The lowest BCUT2D eigenvalue weighted by Crippen LogP contribution is -2.24. The molecule has 13 heavy (non-hydrogen) atoms. The fourth-order valence-electron chi connectivity index (χ4n) is 0.643. The molecule has 0 spiro atoms. The Labute approximate surface area is 83.8 Å². The van der Waals surface area contributed by atoms with E-state index in [0.29, 0.717) is 5.57 Å². The SMILES string of the molecule is C=C(C(=O)OC([SiH3])CC)C(C)(C)C. The molecule has 0 saturated heterocycles. The average molecular weight is 200 g/mol. The molecule has 0 aliphatic carbocycles. The van der Waals surface area contributed by atoms with Crippen LogP contribution in [-0.4, -0.2) is 21.9 Å². The Bertz CT molecular complexity index is 203. The Morgan fingerprint density at radius 1 is 1.54 bits per heavy atom. The number of rotatable bonds is 3. The van der Waals surface area contributed by atoms with Crippen LogP contribution in [0.15, 0.2) is 12.2 Å². The molecule has 0 aromatic heterocycles. The van der Waals surface area contributed by atoms with Gasteiger partial charge in [0.2, 0.25) is 0 Å². The molecular weight excluding hydrogens is 180 g/mol. The maximum absolute atomic E-state index is 11.5. The Balaban J connectivity index is 4.21. The molecule has 3 heteroatoms. The highest BCUT2D eigenvalue weighted by Gasteiger charge is 2.23. The van der Waals surface area contributed by atoms with Crippen molar-refractivity contribution in [3.63, 3.8) is 0 Å². The van der Waals surface area contributed by atoms with Crippen LogP contribution >= 0.6 is 0 Å². The number of esters is 1. The molecule has 0 rings (SSSR count). The van der Waals surface area contributed by atoms with Crippen molar-refractivity contribution < 1.29 is 9.53 Å². The molecule has 0 fully saturated rings. The molecule has 1 unspecified atom stereocenters. The van der Waals surface area contributed by atoms with Crippen LogP contribution in [0.2, 0.25) is 0 Å². The van der Waals surface area contributed by atoms with Crippen LogP contribution in [0.1, 0.15) is 34.1 Å². The maximum atomic E-state index is 11.5. The summed E-state index contributed by atoms with van der Waals surface area (Å²) >= 11 is 0. The van der Waals surface area contributed by atoms with E-state index in [2.05, 4.69) is 6.58 Å². The summed E-state index contributed by atoms with van der Waals surface area (Å²) in [5.41, 5.74) is 0.486. The first kappa shape index (κ1) is 12.4. The zero-order valence-electron chi connectivity index (χ0n) is 9.31. The highest BCUT2D eigenvalue weighted by atomic mass is 28.1. The highest BCUT2D eigenvalue weighted by molar-refractivity contribution is 6.12. The van der Waals surface area contributed by atoms with Crippen molar-refractivity contribution >= 4 is 16.2 Å². The first-order valence-electron chi connectivity index (χ1n) is 4.69. The van der Waals surface area contributed by atoms with Gasteiger partial charge >= 0.3 is 5.97 Å². The smallest absolute Gasteiger partial charge is 0.333 e. The fourth-order valence-corrected chi connectivity index (χ4v) is 0.857. The minimum Gasteiger partial charge on any atom is -0.464 e. The number of hydrogen-bond acceptors (Lipinski definition) is 2. The zero-order chi connectivity index (χ0) is 10.6. The molecular formula is C10H20O2Si. The van der Waals surface area contributed by atoms with Crippen molar-refractivity contribution in [2.24, 2.45) is 5.41 Å². The van der Waals surface area contributed by atoms with Gasteiger partial charge in [-0.25, -0.2) is 4.79 Å². The normalized spacial score (nSPS) is 13.8. The van der Waals surface area contributed by atoms with Crippen molar-refractivity contribution in [2.75, 3.05) is 0 Å². The van der Waals surface area contributed by atoms with Crippen LogP contribution in [0.3, 0.4) is 0 Å². The summed E-state index contributed by atoms with van der Waals surface area (Å²) in [7, 11) is 0.886. The second-order valence-corrected chi connectivity index (χ2v) is 5.64. The minimum atomic E-state index is -0.241. The summed E-state index contributed by atoms with van der Waals surface area (Å²) in [5.74, 6) is -0.241. The van der Waals surface area contributed by atoms with Crippen molar-refractivity contribution in [1.82, 2.24) is 0 Å². The topological polar surface area (TPSA) is 26.3 Å². The van der Waals surface area contributed by atoms with Gasteiger partial charge in [0.05, 0.1) is 16.0 Å². The maximum Gasteiger partial charge on any atom is 0.333 e. The van der Waals surface area contributed by atoms with Crippen molar-refractivity contribution in [3.05, 3.63) is 12.2 Å². The fraction of sp³-hybridized carbons (Fsp3) is 0.700. The largest absolute Gasteiger partial charge is 0.464 e. The van der Waals surface area contributed by atoms with Crippen LogP contribution in [0.4, 0.5) is 0 Å². The van der Waals surface area contributed by atoms with E-state index in [4.69, 9.17) is 4.74 Å². The van der Waals surface area contributed by atoms with E-state index in [9.17, 15) is 4.79 Å². The van der Waals surface area contributed by atoms with Crippen LogP contribution < -0.4 is 0 Å². The highest BCUT2D eigenvalue weighted by Crippen LogP contribution is 2.24. The third-order valence-corrected chi connectivity index (χ3v) is 3.09. The van der Waals surface area contributed by atoms with E-state index in [1.165, 1.54) is 0 Å². The third-order valence-electron chi connectivity index (χ3n) is 2.03. The molecule has 0 aromatic carbocycles. The second-order valence-electron chi connectivity index (χ2n) is 4.35. The van der Waals surface area contributed by atoms with Crippen LogP contribution in [0, 0.1) is 5.41 Å². The lowest BCUT2D eigenvalue weighted by Gasteiger charge is -2.21. The molecule has 1 atom stereocenters. The Kier molecular flexibility index (Phi) is 4.40. The zero-order valence-corrected chi connectivity index (χ0v) is 11.3. The minimum absolute atomic E-state index is 0.117. The number of hydrogen-bond donors (Lipinski definition) is 0. The van der Waals surface area contributed by atoms with E-state index >= 15 is 0 Å². The standard InChI is InChI=1S/C10H20O2Si/c1-6-8(13)12-9(11)7(2)10(3,4)5/h8H,2,6H2,1,3-5,13H3. The quantitative estimate of drug-likeness (QED) is 0.389. The lowest BCUT2D eigenvalue weighted by molar-refractivity contribution is -0.141. The van der Waals surface area contributed by atoms with Crippen LogP contribution in [-0.2, 0) is 9.53 Å². The Morgan fingerprint density at radius 3 is 2.31 bits per heavy atom. The summed E-state index contributed by atoms with van der Waals surface area (Å²) in [4.78, 5) is 11.5. The van der Waals surface area contributed by atoms with Gasteiger partial charge in [-0.1, -0.05) is 34.3 Å². The summed E-state index contributed by atoms with van der Waals surface area (Å²) < 4.78 is 5.21. The number of ether oxygens (including phenoxy) is 1. The van der Waals surface area contributed by atoms with Crippen LogP contribution in [0.5, 0.6) is 0 Å². The third kappa shape index (κ3) is 4.27. The molecule has 2 nitrogen and oxygen atoms in total. The van der Waals surface area contributed by atoms with Gasteiger partial charge in [0, 0.05) is 5.57 Å². The van der Waals surface area contributed by atoms with Crippen molar-refractivity contribution in [2.45, 2.75) is 39.8 Å². The molecule has 0 aliphatic heterocycles. The summed E-state index contributed by atoms with van der Waals surface area (Å²) in [6, 6.07) is 0. The van der Waals surface area contributed by atoms with Gasteiger partial charge in [0.1, 0.15) is 0 Å². The lowest BCUT2D eigenvalue weighted by atomic mass is 9.88. The molecule has 0 heterocycles. The summed E-state index contributed by atoms with van der Waals surface area (Å²) in [5, 5.41) is 0. The van der Waals surface area contributed by atoms with E-state index in [-0.39, 0.29) is 17.1 Å². The molecule has 0 bridgehead atoms. The van der Waals surface area contributed by atoms with Gasteiger partial charge < -0.3 is 4.74 Å². The monoisotopic (exact) mass is 200 g/mol. The van der Waals surface area contributed by atoms with E-state index in [1.54, 1.807) is 0 Å². The molecule has 0 amide bonds. The molecule has 0 aromatic rings. The predicted octanol–water partition coefficient (Wildman–Crippen LogP) is 1.23. The van der Waals surface area contributed by atoms with E-state index in [0.717, 1.165) is 16.7 Å². The second kappa shape index (κ2) is 4.60. The first-order valence-corrected chi connectivity index (χ1v) is 5.84. The Hall–Kier alpha value is -0.573. The van der Waals surface area contributed by atoms with Crippen LogP contribution in [0.25, 0.3) is 0 Å². The van der Waals surface area contributed by atoms with Gasteiger partial charge in [-0.05, 0) is 11.8 Å². The van der Waals surface area contributed by atoms with Gasteiger partial charge in [-0.15, -0.1) is 0 Å². The number of carbonyl (C=O) groups is 1. The molecule has 0 radical (unpaired) electrons. The predicted molar refractivity (Wildman–Crippen MR) is 58.7 cm³/mol. The van der Waals surface area contributed by atoms with E-state index in [1.807, 2.05) is 27.7 Å². The van der Waals surface area contributed by atoms with E-state index < -0.39 is 0 Å². The van der Waals surface area contributed by atoms with Gasteiger partial charge in [0.25, 0.3) is 0 Å². The van der Waals surface area contributed by atoms with Gasteiger partial charge in [-0.3, -0.25) is 0 Å². The first-order chi connectivity index (χ1) is 5.79. The van der Waals surface area contributed by atoms with Crippen molar-refractivity contribution in [3.8, 4) is 0 Å². The van der Waals surface area contributed by atoms with Gasteiger partial charge in [-0.2, -0.15) is 0 Å². The molecule has 0 aliphatic rings. The van der Waals surface area contributed by atoms with Gasteiger partial charge in [0.15, 0.2) is 0 Å². The number of carbonyl (C=O) groups excluding carboxylic acids is 1. The molecule has 0 saturated carbocycles. The summed E-state index contributed by atoms with van der Waals surface area (Å²) in [6.07, 6.45) is 0.898. The van der Waals surface area contributed by atoms with Crippen molar-refractivity contribution in [1.29, 1.82) is 0 Å². The summed E-state index contributed by atoms with van der Waals surface area (Å²) in [6.45, 7) is 11.7. The molecule has 76 valence electrons. The Morgan fingerprint density at radius 2 is 2.00 bits per heavy atom.